The number of hydrogen-bond donors (Lipinski definition) is 1. The summed E-state index contributed by atoms with van der Waals surface area (Å²) in [5.41, 5.74) is 0.654. The highest BCUT2D eigenvalue weighted by Crippen LogP contribution is 2.15. The summed E-state index contributed by atoms with van der Waals surface area (Å²) in [6.45, 7) is 5.41. The molecule has 1 saturated heterocycles. The first-order valence-electron chi connectivity index (χ1n) is 5.54. The van der Waals surface area contributed by atoms with Crippen LogP contribution in [0.5, 0.6) is 0 Å². The first-order chi connectivity index (χ1) is 8.01. The summed E-state index contributed by atoms with van der Waals surface area (Å²) < 4.78 is 26.1. The van der Waals surface area contributed by atoms with Crippen molar-refractivity contribution in [2.75, 3.05) is 19.6 Å². The van der Waals surface area contributed by atoms with Crippen molar-refractivity contribution in [1.82, 2.24) is 19.6 Å². The molecule has 94 valence electrons. The Balaban J connectivity index is 2.35. The van der Waals surface area contributed by atoms with Gasteiger partial charge in [0.2, 0.25) is 0 Å². The van der Waals surface area contributed by atoms with Crippen molar-refractivity contribution >= 4 is 10.0 Å². The quantitative estimate of drug-likeness (QED) is 0.740. The smallest absolute Gasteiger partial charge is 0.279 e. The average molecular weight is 256 g/mol. The van der Waals surface area contributed by atoms with E-state index < -0.39 is 10.0 Å². The number of sulfonamides is 1. The van der Waals surface area contributed by atoms with E-state index in [4.69, 9.17) is 0 Å². The summed E-state index contributed by atoms with van der Waals surface area (Å²) in [7, 11) is -3.56. The molecule has 0 radical (unpaired) electrons. The number of nitrogens with zero attached hydrogens (tertiary/aromatic N) is 3. The van der Waals surface area contributed by atoms with Gasteiger partial charge in [0, 0.05) is 37.6 Å². The van der Waals surface area contributed by atoms with Crippen molar-refractivity contribution in [2.24, 2.45) is 0 Å². The summed E-state index contributed by atoms with van der Waals surface area (Å²) in [6.07, 6.45) is 1.47. The highest BCUT2D eigenvalue weighted by Gasteiger charge is 2.32. The fourth-order valence-corrected chi connectivity index (χ4v) is 3.38. The number of aromatic nitrogens is 2. The van der Waals surface area contributed by atoms with Crippen LogP contribution in [0.2, 0.25) is 0 Å². The van der Waals surface area contributed by atoms with Crippen LogP contribution in [0.3, 0.4) is 0 Å². The molecule has 0 amide bonds. The zero-order chi connectivity index (χ0) is 12.5. The third-order valence-corrected chi connectivity index (χ3v) is 4.57. The normalized spacial score (nSPS) is 22.6. The summed E-state index contributed by atoms with van der Waals surface area (Å²) in [4.78, 5) is 7.85. The summed E-state index contributed by atoms with van der Waals surface area (Å²) >= 11 is 0. The molecule has 1 atom stereocenters. The Labute approximate surface area is 101 Å². The molecular weight excluding hydrogens is 240 g/mol. The minimum absolute atomic E-state index is 0.0714. The number of hydrogen-bond acceptors (Lipinski definition) is 5. The van der Waals surface area contributed by atoms with Crippen LogP contribution >= 0.6 is 0 Å². The molecule has 0 spiro atoms. The van der Waals surface area contributed by atoms with Gasteiger partial charge in [-0.15, -0.1) is 0 Å². The van der Waals surface area contributed by atoms with Gasteiger partial charge in [-0.05, 0) is 19.9 Å². The first-order valence-corrected chi connectivity index (χ1v) is 6.98. The van der Waals surface area contributed by atoms with Crippen LogP contribution in [0.4, 0.5) is 0 Å². The van der Waals surface area contributed by atoms with E-state index in [0.29, 0.717) is 25.3 Å². The van der Waals surface area contributed by atoms with Gasteiger partial charge in [0.1, 0.15) is 0 Å². The summed E-state index contributed by atoms with van der Waals surface area (Å²) in [5.74, 6) is 0. The molecule has 1 fully saturated rings. The van der Waals surface area contributed by atoms with E-state index in [0.717, 1.165) is 0 Å². The fourth-order valence-electron chi connectivity index (χ4n) is 1.83. The van der Waals surface area contributed by atoms with Gasteiger partial charge in [0.25, 0.3) is 15.2 Å². The van der Waals surface area contributed by atoms with Crippen molar-refractivity contribution < 1.29 is 8.42 Å². The molecular formula is C10H16N4O2S. The maximum Gasteiger partial charge on any atom is 0.279 e. The second-order valence-corrected chi connectivity index (χ2v) is 5.93. The molecule has 1 aliphatic heterocycles. The molecule has 0 aromatic carbocycles. The van der Waals surface area contributed by atoms with E-state index in [1.807, 2.05) is 6.92 Å². The Kier molecular flexibility index (Phi) is 3.41. The fraction of sp³-hybridized carbons (Fsp3) is 0.600. The van der Waals surface area contributed by atoms with Crippen LogP contribution in [0.15, 0.2) is 17.4 Å². The minimum Gasteiger partial charge on any atom is -0.314 e. The predicted molar refractivity (Wildman–Crippen MR) is 63.0 cm³/mol. The largest absolute Gasteiger partial charge is 0.314 e. The molecule has 0 aliphatic carbocycles. The molecule has 17 heavy (non-hydrogen) atoms. The van der Waals surface area contributed by atoms with Crippen molar-refractivity contribution in [3.8, 4) is 0 Å². The highest BCUT2D eigenvalue weighted by atomic mass is 32.2. The highest BCUT2D eigenvalue weighted by molar-refractivity contribution is 7.89. The maximum atomic E-state index is 12.3. The monoisotopic (exact) mass is 256 g/mol. The molecule has 0 unspecified atom stereocenters. The zero-order valence-electron chi connectivity index (χ0n) is 9.92. The van der Waals surface area contributed by atoms with Crippen molar-refractivity contribution in [1.29, 1.82) is 0 Å². The maximum absolute atomic E-state index is 12.3. The Morgan fingerprint density at radius 3 is 2.94 bits per heavy atom. The molecule has 1 aromatic heterocycles. The zero-order valence-corrected chi connectivity index (χ0v) is 10.7. The van der Waals surface area contributed by atoms with Crippen LogP contribution in [0, 0.1) is 6.92 Å². The minimum atomic E-state index is -3.56. The van der Waals surface area contributed by atoms with Gasteiger partial charge in [-0.1, -0.05) is 0 Å². The van der Waals surface area contributed by atoms with Crippen LogP contribution in [0.1, 0.15) is 12.6 Å². The van der Waals surface area contributed by atoms with E-state index in [-0.39, 0.29) is 11.2 Å². The van der Waals surface area contributed by atoms with Crippen LogP contribution in [-0.4, -0.2) is 48.4 Å². The lowest BCUT2D eigenvalue weighted by molar-refractivity contribution is 0.282. The van der Waals surface area contributed by atoms with Crippen LogP contribution in [-0.2, 0) is 10.0 Å². The lowest BCUT2D eigenvalue weighted by atomic mass is 10.3. The average Bonchev–Trinajstić information content (AvgIpc) is 2.29. The molecule has 6 nitrogen and oxygen atoms in total. The number of piperazine rings is 1. The van der Waals surface area contributed by atoms with E-state index in [1.54, 1.807) is 13.0 Å². The van der Waals surface area contributed by atoms with Crippen molar-refractivity contribution in [2.45, 2.75) is 25.0 Å². The first kappa shape index (κ1) is 12.4. The second kappa shape index (κ2) is 4.67. The topological polar surface area (TPSA) is 75.2 Å². The van der Waals surface area contributed by atoms with E-state index in [2.05, 4.69) is 15.3 Å². The third-order valence-electron chi connectivity index (χ3n) is 2.75. The standard InChI is InChI=1S/C10H16N4O2S/c1-8-3-4-12-10(13-8)17(15,16)14-6-5-11-7-9(14)2/h3-4,9,11H,5-7H2,1-2H3/t9-/m1/s1. The van der Waals surface area contributed by atoms with Crippen molar-refractivity contribution in [3.05, 3.63) is 18.0 Å². The molecule has 0 bridgehead atoms. The molecule has 1 aliphatic rings. The van der Waals surface area contributed by atoms with E-state index in [1.165, 1.54) is 10.5 Å². The number of nitrogens with one attached hydrogen (secondary N) is 1. The van der Waals surface area contributed by atoms with Crippen molar-refractivity contribution in [3.63, 3.8) is 0 Å². The van der Waals surface area contributed by atoms with Gasteiger partial charge in [0.05, 0.1) is 0 Å². The van der Waals surface area contributed by atoms with Crippen LogP contribution < -0.4 is 5.32 Å². The Hall–Kier alpha value is -1.05. The molecule has 2 rings (SSSR count). The van der Waals surface area contributed by atoms with Gasteiger partial charge in [-0.3, -0.25) is 0 Å². The Bertz CT molecular complexity index is 503. The summed E-state index contributed by atoms with van der Waals surface area (Å²) in [6, 6.07) is 1.61. The van der Waals surface area contributed by atoms with Gasteiger partial charge in [0.15, 0.2) is 0 Å². The molecule has 1 N–H and O–H groups in total. The lowest BCUT2D eigenvalue weighted by Crippen LogP contribution is -2.52. The van der Waals surface area contributed by atoms with E-state index >= 15 is 0 Å². The van der Waals surface area contributed by atoms with Gasteiger partial charge in [-0.25, -0.2) is 18.4 Å². The molecule has 7 heteroatoms. The predicted octanol–water partition coefficient (Wildman–Crippen LogP) is -0.233. The number of aryl methyl sites for hydroxylation is 1. The molecule has 1 aromatic rings. The van der Waals surface area contributed by atoms with Crippen LogP contribution in [0.25, 0.3) is 0 Å². The SMILES string of the molecule is Cc1ccnc(S(=O)(=O)N2CCNC[C@H]2C)n1. The van der Waals surface area contributed by atoms with E-state index in [9.17, 15) is 8.42 Å². The molecule has 0 saturated carbocycles. The van der Waals surface area contributed by atoms with Gasteiger partial charge < -0.3 is 5.32 Å². The van der Waals surface area contributed by atoms with Gasteiger partial charge >= 0.3 is 0 Å². The number of rotatable bonds is 2. The third kappa shape index (κ3) is 2.46. The Morgan fingerprint density at radius 2 is 2.29 bits per heavy atom. The summed E-state index contributed by atoms with van der Waals surface area (Å²) in [5, 5.41) is 3.05. The second-order valence-electron chi connectivity index (χ2n) is 4.15. The van der Waals surface area contributed by atoms with Gasteiger partial charge in [-0.2, -0.15) is 4.31 Å². The molecule has 2 heterocycles. The lowest BCUT2D eigenvalue weighted by Gasteiger charge is -2.32. The Morgan fingerprint density at radius 1 is 1.53 bits per heavy atom.